The molecule has 1 saturated heterocycles. The minimum Gasteiger partial charge on any atom is -0.496 e. The number of alkyl halides is 3. The molecule has 2 aromatic carbocycles. The number of ketones is 1. The Hall–Kier alpha value is -3.07. The minimum atomic E-state index is -4.42. The molecular formula is C24H26F3N3O3. The highest BCUT2D eigenvalue weighted by Crippen LogP contribution is 2.36. The second kappa shape index (κ2) is 9.43. The van der Waals surface area contributed by atoms with Crippen LogP contribution in [-0.2, 0) is 0 Å². The van der Waals surface area contributed by atoms with Gasteiger partial charge in [0.25, 0.3) is 0 Å². The number of nitrogens with one attached hydrogen (secondary N) is 1. The van der Waals surface area contributed by atoms with Gasteiger partial charge in [-0.15, -0.1) is 0 Å². The number of piperidine rings is 1. The van der Waals surface area contributed by atoms with Crippen LogP contribution in [0.25, 0.3) is 16.7 Å². The van der Waals surface area contributed by atoms with E-state index in [0.29, 0.717) is 11.6 Å². The number of carbonyl (C=O) groups is 1. The van der Waals surface area contributed by atoms with Gasteiger partial charge >= 0.3 is 6.18 Å². The quantitative estimate of drug-likeness (QED) is 0.500. The van der Waals surface area contributed by atoms with Gasteiger partial charge in [0.1, 0.15) is 23.4 Å². The molecule has 1 aliphatic rings. The van der Waals surface area contributed by atoms with Crippen LogP contribution in [0.1, 0.15) is 47.5 Å². The first-order valence-electron chi connectivity index (χ1n) is 10.8. The standard InChI is InChI=1S/C24H26F3N3O3/c1-32-21-11-17(12-22(33-2)23(21)20(31)7-8-24(25,26)27)30-14-29-18-10-15(5-6-19(18)30)16-4-3-9-28-13-16/h5-6,10-12,14,16,28H,3-4,7-9,13H2,1-2H3. The van der Waals surface area contributed by atoms with Gasteiger partial charge in [0, 0.05) is 25.1 Å². The molecule has 1 N–H and O–H groups in total. The first kappa shape index (κ1) is 23.1. The molecule has 0 amide bonds. The van der Waals surface area contributed by atoms with Crippen molar-refractivity contribution in [1.82, 2.24) is 14.9 Å². The number of hydrogen-bond donors (Lipinski definition) is 1. The summed E-state index contributed by atoms with van der Waals surface area (Å²) in [7, 11) is 2.74. The molecule has 0 aliphatic carbocycles. The van der Waals surface area contributed by atoms with Gasteiger partial charge in [0.05, 0.1) is 37.4 Å². The maximum absolute atomic E-state index is 12.6. The lowest BCUT2D eigenvalue weighted by atomic mass is 9.91. The number of fused-ring (bicyclic) bond motifs is 1. The maximum atomic E-state index is 12.6. The van der Waals surface area contributed by atoms with Crippen LogP contribution in [-0.4, -0.2) is 48.8 Å². The number of Topliss-reactive ketones (excluding diaryl/α,β-unsaturated/α-hetero) is 1. The van der Waals surface area contributed by atoms with Gasteiger partial charge in [-0.05, 0) is 43.0 Å². The van der Waals surface area contributed by atoms with Crippen LogP contribution in [0.5, 0.6) is 11.5 Å². The monoisotopic (exact) mass is 461 g/mol. The van der Waals surface area contributed by atoms with Gasteiger partial charge in [0.15, 0.2) is 5.78 Å². The van der Waals surface area contributed by atoms with E-state index in [4.69, 9.17) is 9.47 Å². The molecule has 1 aromatic heterocycles. The molecule has 1 unspecified atom stereocenters. The number of halogens is 3. The van der Waals surface area contributed by atoms with Crippen LogP contribution < -0.4 is 14.8 Å². The van der Waals surface area contributed by atoms with Crippen molar-refractivity contribution < 1.29 is 27.4 Å². The Balaban J connectivity index is 1.69. The van der Waals surface area contributed by atoms with Crippen molar-refractivity contribution in [3.63, 3.8) is 0 Å². The summed E-state index contributed by atoms with van der Waals surface area (Å²) in [5.74, 6) is 0.0795. The SMILES string of the molecule is COc1cc(-n2cnc3cc(C4CCCNC4)ccc32)cc(OC)c1C(=O)CCC(F)(F)F. The molecule has 3 aromatic rings. The summed E-state index contributed by atoms with van der Waals surface area (Å²) < 4.78 is 50.4. The molecule has 2 heterocycles. The molecule has 176 valence electrons. The summed E-state index contributed by atoms with van der Waals surface area (Å²) in [5.41, 5.74) is 3.57. The topological polar surface area (TPSA) is 65.4 Å². The molecule has 0 saturated carbocycles. The second-order valence-corrected chi connectivity index (χ2v) is 8.17. The predicted octanol–water partition coefficient (Wildman–Crippen LogP) is 5.03. The predicted molar refractivity (Wildman–Crippen MR) is 119 cm³/mol. The zero-order chi connectivity index (χ0) is 23.6. The highest BCUT2D eigenvalue weighted by atomic mass is 19.4. The van der Waals surface area contributed by atoms with E-state index in [-0.39, 0.29) is 17.1 Å². The zero-order valence-corrected chi connectivity index (χ0v) is 18.5. The molecule has 0 radical (unpaired) electrons. The number of aromatic nitrogens is 2. The summed E-state index contributed by atoms with van der Waals surface area (Å²) in [6.07, 6.45) is -2.35. The van der Waals surface area contributed by atoms with Crippen LogP contribution in [0.4, 0.5) is 13.2 Å². The Labute approximate surface area is 189 Å². The third-order valence-corrected chi connectivity index (χ3v) is 6.02. The van der Waals surface area contributed by atoms with Crippen LogP contribution in [0, 0.1) is 0 Å². The highest BCUT2D eigenvalue weighted by molar-refractivity contribution is 6.01. The molecule has 33 heavy (non-hydrogen) atoms. The van der Waals surface area contributed by atoms with Gasteiger partial charge in [0.2, 0.25) is 0 Å². The first-order chi connectivity index (χ1) is 15.8. The number of rotatable bonds is 7. The van der Waals surface area contributed by atoms with Crippen LogP contribution in [0.2, 0.25) is 0 Å². The van der Waals surface area contributed by atoms with Crippen LogP contribution >= 0.6 is 0 Å². The van der Waals surface area contributed by atoms with E-state index in [0.717, 1.165) is 37.0 Å². The van der Waals surface area contributed by atoms with E-state index in [1.807, 2.05) is 10.6 Å². The number of imidazole rings is 1. The molecule has 6 nitrogen and oxygen atoms in total. The number of benzene rings is 2. The Morgan fingerprint density at radius 2 is 1.91 bits per heavy atom. The normalized spacial score (nSPS) is 16.7. The Morgan fingerprint density at radius 3 is 2.52 bits per heavy atom. The van der Waals surface area contributed by atoms with Gasteiger partial charge in [-0.1, -0.05) is 6.07 Å². The average Bonchev–Trinajstić information content (AvgIpc) is 3.25. The van der Waals surface area contributed by atoms with Gasteiger partial charge in [-0.2, -0.15) is 13.2 Å². The highest BCUT2D eigenvalue weighted by Gasteiger charge is 2.30. The van der Waals surface area contributed by atoms with Crippen molar-refractivity contribution in [1.29, 1.82) is 0 Å². The van der Waals surface area contributed by atoms with Crippen molar-refractivity contribution in [3.8, 4) is 17.2 Å². The van der Waals surface area contributed by atoms with Crippen molar-refractivity contribution in [2.75, 3.05) is 27.3 Å². The fraction of sp³-hybridized carbons (Fsp3) is 0.417. The van der Waals surface area contributed by atoms with E-state index in [1.165, 1.54) is 19.8 Å². The van der Waals surface area contributed by atoms with Gasteiger partial charge in [-0.25, -0.2) is 4.98 Å². The number of methoxy groups -OCH3 is 2. The van der Waals surface area contributed by atoms with Crippen molar-refractivity contribution in [2.24, 2.45) is 0 Å². The third kappa shape index (κ3) is 4.98. The molecule has 1 fully saturated rings. The summed E-state index contributed by atoms with van der Waals surface area (Å²) in [5, 5.41) is 3.43. The fourth-order valence-corrected chi connectivity index (χ4v) is 4.32. The first-order valence-corrected chi connectivity index (χ1v) is 10.8. The van der Waals surface area contributed by atoms with Crippen molar-refractivity contribution in [3.05, 3.63) is 47.8 Å². The molecule has 1 atom stereocenters. The summed E-state index contributed by atoms with van der Waals surface area (Å²) in [6.45, 7) is 2.00. The molecule has 0 bridgehead atoms. The lowest BCUT2D eigenvalue weighted by Crippen LogP contribution is -2.28. The minimum absolute atomic E-state index is 0.00417. The summed E-state index contributed by atoms with van der Waals surface area (Å²) >= 11 is 0. The lowest BCUT2D eigenvalue weighted by molar-refractivity contribution is -0.133. The van der Waals surface area contributed by atoms with Crippen LogP contribution in [0.3, 0.4) is 0 Å². The number of carbonyl (C=O) groups excluding carboxylic acids is 1. The largest absolute Gasteiger partial charge is 0.496 e. The second-order valence-electron chi connectivity index (χ2n) is 8.17. The van der Waals surface area contributed by atoms with Gasteiger partial charge < -0.3 is 14.8 Å². The van der Waals surface area contributed by atoms with Crippen LogP contribution in [0.15, 0.2) is 36.7 Å². The molecule has 0 spiro atoms. The number of hydrogen-bond acceptors (Lipinski definition) is 5. The molecule has 1 aliphatic heterocycles. The molecule has 4 rings (SSSR count). The third-order valence-electron chi connectivity index (χ3n) is 6.02. The number of ether oxygens (including phenoxy) is 2. The number of nitrogens with zero attached hydrogens (tertiary/aromatic N) is 2. The van der Waals surface area contributed by atoms with E-state index < -0.39 is 24.8 Å². The zero-order valence-electron chi connectivity index (χ0n) is 18.5. The average molecular weight is 461 g/mol. The van der Waals surface area contributed by atoms with Crippen molar-refractivity contribution >= 4 is 16.8 Å². The maximum Gasteiger partial charge on any atom is 0.389 e. The lowest BCUT2D eigenvalue weighted by Gasteiger charge is -2.23. The summed E-state index contributed by atoms with van der Waals surface area (Å²) in [6, 6.07) is 9.43. The smallest absolute Gasteiger partial charge is 0.389 e. The molecule has 9 heteroatoms. The fourth-order valence-electron chi connectivity index (χ4n) is 4.32. The van der Waals surface area contributed by atoms with E-state index in [2.05, 4.69) is 22.4 Å². The van der Waals surface area contributed by atoms with E-state index >= 15 is 0 Å². The van der Waals surface area contributed by atoms with Crippen molar-refractivity contribution in [2.45, 2.75) is 37.8 Å². The Morgan fingerprint density at radius 1 is 1.18 bits per heavy atom. The van der Waals surface area contributed by atoms with E-state index in [9.17, 15) is 18.0 Å². The molecular weight excluding hydrogens is 435 g/mol. The van der Waals surface area contributed by atoms with Gasteiger partial charge in [-0.3, -0.25) is 9.36 Å². The van der Waals surface area contributed by atoms with E-state index in [1.54, 1.807) is 18.5 Å². The Kier molecular flexibility index (Phi) is 6.60. The Bertz CT molecular complexity index is 1130. The summed E-state index contributed by atoms with van der Waals surface area (Å²) in [4.78, 5) is 17.1.